The lowest BCUT2D eigenvalue weighted by molar-refractivity contribution is -0.123. The van der Waals surface area contributed by atoms with Crippen molar-refractivity contribution in [2.45, 2.75) is 37.9 Å². The second-order valence-electron chi connectivity index (χ2n) is 8.26. The summed E-state index contributed by atoms with van der Waals surface area (Å²) in [6, 6.07) is 6.03. The molecule has 0 aliphatic carbocycles. The Balaban J connectivity index is 1.45. The van der Waals surface area contributed by atoms with E-state index in [-0.39, 0.29) is 17.6 Å². The number of methoxy groups -OCH3 is 1. The second kappa shape index (κ2) is 8.50. The molecular formula is C21H30ClN5O2. The lowest BCUT2D eigenvalue weighted by Gasteiger charge is -2.54. The van der Waals surface area contributed by atoms with Crippen molar-refractivity contribution >= 4 is 29.0 Å². The monoisotopic (exact) mass is 419 g/mol. The minimum absolute atomic E-state index is 0.0250. The summed E-state index contributed by atoms with van der Waals surface area (Å²) >= 11 is 6.27. The molecule has 0 saturated carbocycles. The molecule has 2 N–H and O–H groups in total. The van der Waals surface area contributed by atoms with E-state index in [0.29, 0.717) is 13.2 Å². The Labute approximate surface area is 177 Å². The molecule has 1 amide bonds. The first-order chi connectivity index (χ1) is 14.0. The Bertz CT molecular complexity index is 791. The van der Waals surface area contributed by atoms with E-state index in [1.807, 2.05) is 19.1 Å². The van der Waals surface area contributed by atoms with Gasteiger partial charge in [-0.15, -0.1) is 0 Å². The maximum absolute atomic E-state index is 12.3. The van der Waals surface area contributed by atoms with Gasteiger partial charge in [-0.3, -0.25) is 14.7 Å². The number of nitrogens with zero attached hydrogens (tertiary/aromatic N) is 3. The average molecular weight is 420 g/mol. The number of anilines is 1. The number of rotatable bonds is 5. The maximum Gasteiger partial charge on any atom is 0.234 e. The van der Waals surface area contributed by atoms with Crippen molar-refractivity contribution in [3.63, 3.8) is 0 Å². The highest BCUT2D eigenvalue weighted by atomic mass is 35.5. The van der Waals surface area contributed by atoms with Gasteiger partial charge in [0, 0.05) is 68.4 Å². The fraction of sp³-hybridized carbons (Fsp3) is 0.619. The van der Waals surface area contributed by atoms with E-state index >= 15 is 0 Å². The molecule has 1 aromatic rings. The highest BCUT2D eigenvalue weighted by Gasteiger charge is 2.46. The fourth-order valence-corrected chi connectivity index (χ4v) is 4.85. The van der Waals surface area contributed by atoms with Crippen LogP contribution in [0.5, 0.6) is 0 Å². The zero-order valence-electron chi connectivity index (χ0n) is 17.2. The summed E-state index contributed by atoms with van der Waals surface area (Å²) in [5.74, 6) is 1.14. The lowest BCUT2D eigenvalue weighted by atomic mass is 9.89. The van der Waals surface area contributed by atoms with Gasteiger partial charge in [0.2, 0.25) is 5.91 Å². The van der Waals surface area contributed by atoms with Crippen molar-refractivity contribution in [1.29, 1.82) is 0 Å². The van der Waals surface area contributed by atoms with E-state index < -0.39 is 0 Å². The van der Waals surface area contributed by atoms with Crippen molar-refractivity contribution in [1.82, 2.24) is 15.1 Å². The smallest absolute Gasteiger partial charge is 0.234 e. The van der Waals surface area contributed by atoms with E-state index in [1.54, 1.807) is 7.11 Å². The Morgan fingerprint density at radius 3 is 2.93 bits per heavy atom. The van der Waals surface area contributed by atoms with E-state index in [0.717, 1.165) is 67.6 Å². The van der Waals surface area contributed by atoms with Crippen molar-refractivity contribution < 1.29 is 9.53 Å². The highest BCUT2D eigenvalue weighted by molar-refractivity contribution is 6.31. The van der Waals surface area contributed by atoms with Crippen LogP contribution in [-0.2, 0) is 9.53 Å². The molecule has 29 heavy (non-hydrogen) atoms. The molecule has 8 heteroatoms. The molecule has 1 saturated heterocycles. The van der Waals surface area contributed by atoms with Crippen LogP contribution in [0.25, 0.3) is 0 Å². The first-order valence-corrected chi connectivity index (χ1v) is 10.8. The molecule has 3 aliphatic heterocycles. The Morgan fingerprint density at radius 1 is 1.38 bits per heavy atom. The van der Waals surface area contributed by atoms with Crippen LogP contribution in [0.4, 0.5) is 5.69 Å². The predicted octanol–water partition coefficient (Wildman–Crippen LogP) is 2.16. The molecular weight excluding hydrogens is 390 g/mol. The summed E-state index contributed by atoms with van der Waals surface area (Å²) < 4.78 is 5.09. The molecule has 0 aromatic heterocycles. The second-order valence-corrected chi connectivity index (χ2v) is 8.69. The number of likely N-dealkylation sites (tertiary alicyclic amines) is 1. The van der Waals surface area contributed by atoms with Gasteiger partial charge in [-0.1, -0.05) is 11.6 Å². The van der Waals surface area contributed by atoms with Crippen LogP contribution in [0.15, 0.2) is 23.2 Å². The summed E-state index contributed by atoms with van der Waals surface area (Å²) in [4.78, 5) is 21.9. The van der Waals surface area contributed by atoms with Gasteiger partial charge in [0.05, 0.1) is 13.2 Å². The summed E-state index contributed by atoms with van der Waals surface area (Å²) in [6.45, 7) is 6.50. The minimum atomic E-state index is -0.159. The van der Waals surface area contributed by atoms with Gasteiger partial charge in [0.15, 0.2) is 0 Å². The van der Waals surface area contributed by atoms with Crippen LogP contribution < -0.4 is 10.6 Å². The summed E-state index contributed by atoms with van der Waals surface area (Å²) in [7, 11) is 1.65. The molecule has 0 unspecified atom stereocenters. The molecule has 0 bridgehead atoms. The van der Waals surface area contributed by atoms with Gasteiger partial charge < -0.3 is 20.3 Å². The fourth-order valence-electron chi connectivity index (χ4n) is 4.68. The van der Waals surface area contributed by atoms with Crippen molar-refractivity contribution in [3.8, 4) is 0 Å². The third-order valence-corrected chi connectivity index (χ3v) is 6.27. The van der Waals surface area contributed by atoms with Crippen LogP contribution in [0.2, 0.25) is 5.02 Å². The van der Waals surface area contributed by atoms with Gasteiger partial charge in [0.1, 0.15) is 11.5 Å². The normalized spacial score (nSPS) is 21.6. The molecule has 1 spiro atoms. The first kappa shape index (κ1) is 20.4. The summed E-state index contributed by atoms with van der Waals surface area (Å²) in [5.41, 5.74) is 2.04. The van der Waals surface area contributed by atoms with E-state index in [4.69, 9.17) is 21.3 Å². The summed E-state index contributed by atoms with van der Waals surface area (Å²) in [6.07, 6.45) is 2.93. The molecule has 1 aromatic carbocycles. The third-order valence-electron chi connectivity index (χ3n) is 6.04. The number of aliphatic imine (C=N–C) groups is 1. The lowest BCUT2D eigenvalue weighted by Crippen LogP contribution is -2.65. The number of fused-ring (bicyclic) bond motifs is 4. The minimum Gasteiger partial charge on any atom is -0.383 e. The van der Waals surface area contributed by atoms with Crippen LogP contribution in [0, 0.1) is 0 Å². The number of amides is 1. The average Bonchev–Trinajstić information content (AvgIpc) is 2.70. The van der Waals surface area contributed by atoms with Crippen LogP contribution in [0.1, 0.15) is 31.7 Å². The highest BCUT2D eigenvalue weighted by Crippen LogP contribution is 2.40. The molecule has 158 valence electrons. The number of hydrogen-bond donors (Lipinski definition) is 2. The Kier molecular flexibility index (Phi) is 5.99. The molecule has 1 atom stereocenters. The number of carbonyl (C=O) groups is 1. The SMILES string of the molecule is COC[C@@H](C)NC(=O)CN1CCC2(CC1)Nc1cc(Cl)ccc1C1=NCCCN12. The van der Waals surface area contributed by atoms with E-state index in [9.17, 15) is 4.79 Å². The standard InChI is InChI=1S/C21H30ClN5O2/c1-15(14-29-2)24-19(28)13-26-10-6-21(7-11-26)25-18-12-16(22)4-5-17(18)20-23-8-3-9-27(20)21/h4-5,12,15,25H,3,6-11,13-14H2,1-2H3,(H,24,28)/t15-/m1/s1. The largest absolute Gasteiger partial charge is 0.383 e. The zero-order valence-corrected chi connectivity index (χ0v) is 18.0. The van der Waals surface area contributed by atoms with Gasteiger partial charge in [-0.25, -0.2) is 0 Å². The molecule has 3 heterocycles. The van der Waals surface area contributed by atoms with Crippen molar-refractivity contribution in [2.24, 2.45) is 4.99 Å². The van der Waals surface area contributed by atoms with Crippen LogP contribution in [0.3, 0.4) is 0 Å². The van der Waals surface area contributed by atoms with E-state index in [2.05, 4.69) is 26.5 Å². The van der Waals surface area contributed by atoms with Crippen LogP contribution in [-0.4, -0.2) is 79.7 Å². The molecule has 0 radical (unpaired) electrons. The molecule has 3 aliphatic rings. The Hall–Kier alpha value is -1.83. The number of hydrogen-bond acceptors (Lipinski definition) is 6. The number of halogens is 1. The van der Waals surface area contributed by atoms with E-state index in [1.165, 1.54) is 0 Å². The quantitative estimate of drug-likeness (QED) is 0.765. The summed E-state index contributed by atoms with van der Waals surface area (Å²) in [5, 5.41) is 7.52. The predicted molar refractivity (Wildman–Crippen MR) is 116 cm³/mol. The van der Waals surface area contributed by atoms with Crippen molar-refractivity contribution in [3.05, 3.63) is 28.8 Å². The number of carbonyl (C=O) groups excluding carboxylic acids is 1. The van der Waals surface area contributed by atoms with Gasteiger partial charge in [-0.05, 0) is 31.5 Å². The number of amidine groups is 1. The maximum atomic E-state index is 12.3. The van der Waals surface area contributed by atoms with Crippen molar-refractivity contribution in [2.75, 3.05) is 51.8 Å². The first-order valence-electron chi connectivity index (χ1n) is 10.4. The topological polar surface area (TPSA) is 69.2 Å². The number of piperidine rings is 1. The Morgan fingerprint density at radius 2 is 2.17 bits per heavy atom. The number of benzene rings is 1. The molecule has 7 nitrogen and oxygen atoms in total. The molecule has 1 fully saturated rings. The number of ether oxygens (including phenoxy) is 1. The third kappa shape index (κ3) is 4.22. The molecule has 4 rings (SSSR count). The zero-order chi connectivity index (χ0) is 20.4. The van der Waals surface area contributed by atoms with Crippen LogP contribution >= 0.6 is 11.6 Å². The van der Waals surface area contributed by atoms with Gasteiger partial charge in [-0.2, -0.15) is 0 Å². The number of nitrogens with one attached hydrogen (secondary N) is 2. The van der Waals surface area contributed by atoms with Gasteiger partial charge >= 0.3 is 0 Å². The van der Waals surface area contributed by atoms with Gasteiger partial charge in [0.25, 0.3) is 0 Å².